The van der Waals surface area contributed by atoms with Gasteiger partial charge in [-0.05, 0) is 42.7 Å². The third-order valence-corrected chi connectivity index (χ3v) is 4.50. The summed E-state index contributed by atoms with van der Waals surface area (Å²) in [5.41, 5.74) is 1.97. The zero-order valence-corrected chi connectivity index (χ0v) is 13.3. The molecule has 0 radical (unpaired) electrons. The zero-order valence-electron chi connectivity index (χ0n) is 13.3. The first-order valence-electron chi connectivity index (χ1n) is 7.47. The summed E-state index contributed by atoms with van der Waals surface area (Å²) in [7, 11) is 0. The van der Waals surface area contributed by atoms with Gasteiger partial charge in [0.25, 0.3) is 0 Å². The number of carboxylic acid groups (broad SMARTS) is 1. The number of carboxylic acids is 1. The SMILES string of the molecule is Cc1ccn(-c2ccc(NC(=O)[C@@H]3[C@@H](C(=O)O)C3(C)C)cc2)n1. The van der Waals surface area contributed by atoms with Gasteiger partial charge in [-0.2, -0.15) is 5.10 Å². The van der Waals surface area contributed by atoms with Crippen molar-refractivity contribution in [2.24, 2.45) is 17.3 Å². The van der Waals surface area contributed by atoms with E-state index in [1.807, 2.05) is 31.3 Å². The minimum Gasteiger partial charge on any atom is -0.481 e. The van der Waals surface area contributed by atoms with Crippen LogP contribution in [0.3, 0.4) is 0 Å². The summed E-state index contributed by atoms with van der Waals surface area (Å²) in [5.74, 6) is -2.27. The van der Waals surface area contributed by atoms with Gasteiger partial charge in [0.1, 0.15) is 0 Å². The van der Waals surface area contributed by atoms with Crippen LogP contribution in [0.15, 0.2) is 36.5 Å². The molecular formula is C17H19N3O3. The highest BCUT2D eigenvalue weighted by molar-refractivity contribution is 5.99. The molecule has 1 aromatic carbocycles. The van der Waals surface area contributed by atoms with E-state index in [9.17, 15) is 9.59 Å². The van der Waals surface area contributed by atoms with Crippen LogP contribution >= 0.6 is 0 Å². The third-order valence-electron chi connectivity index (χ3n) is 4.50. The zero-order chi connectivity index (χ0) is 16.8. The fourth-order valence-corrected chi connectivity index (χ4v) is 3.06. The van der Waals surface area contributed by atoms with Gasteiger partial charge in [-0.15, -0.1) is 0 Å². The molecule has 2 N–H and O–H groups in total. The fraction of sp³-hybridized carbons (Fsp3) is 0.353. The lowest BCUT2D eigenvalue weighted by molar-refractivity contribution is -0.140. The van der Waals surface area contributed by atoms with Crippen LogP contribution in [0.1, 0.15) is 19.5 Å². The van der Waals surface area contributed by atoms with Gasteiger partial charge in [0.05, 0.1) is 23.2 Å². The van der Waals surface area contributed by atoms with Crippen molar-refractivity contribution in [3.05, 3.63) is 42.2 Å². The van der Waals surface area contributed by atoms with E-state index < -0.39 is 23.2 Å². The Morgan fingerprint density at radius 2 is 1.83 bits per heavy atom. The van der Waals surface area contributed by atoms with Crippen LogP contribution in [0, 0.1) is 24.2 Å². The minimum atomic E-state index is -0.917. The van der Waals surface area contributed by atoms with E-state index in [4.69, 9.17) is 5.11 Å². The van der Waals surface area contributed by atoms with Crippen molar-refractivity contribution < 1.29 is 14.7 Å². The third kappa shape index (κ3) is 2.72. The second-order valence-electron chi connectivity index (χ2n) is 6.55. The molecule has 6 nitrogen and oxygen atoms in total. The molecule has 1 fully saturated rings. The Kier molecular flexibility index (Phi) is 3.47. The van der Waals surface area contributed by atoms with E-state index in [0.717, 1.165) is 11.4 Å². The molecule has 0 aliphatic heterocycles. The normalized spacial score (nSPS) is 21.7. The molecule has 0 spiro atoms. The maximum absolute atomic E-state index is 12.3. The standard InChI is InChI=1S/C17H19N3O3/c1-10-8-9-20(19-10)12-6-4-11(5-7-12)18-15(21)13-14(16(22)23)17(13,2)3/h4-9,13-14H,1-3H3,(H,18,21)(H,22,23)/t13-,14-/m0/s1. The van der Waals surface area contributed by atoms with Crippen LogP contribution in [0.25, 0.3) is 5.69 Å². The van der Waals surface area contributed by atoms with Crippen molar-refractivity contribution in [3.8, 4) is 5.69 Å². The van der Waals surface area contributed by atoms with E-state index in [1.54, 1.807) is 30.7 Å². The van der Waals surface area contributed by atoms with Gasteiger partial charge in [0, 0.05) is 11.9 Å². The second-order valence-corrected chi connectivity index (χ2v) is 6.55. The number of carbonyl (C=O) groups excluding carboxylic acids is 1. The Balaban J connectivity index is 1.69. The fourth-order valence-electron chi connectivity index (χ4n) is 3.06. The Morgan fingerprint density at radius 1 is 1.17 bits per heavy atom. The van der Waals surface area contributed by atoms with E-state index in [1.165, 1.54) is 0 Å². The quantitative estimate of drug-likeness (QED) is 0.908. The Morgan fingerprint density at radius 3 is 2.30 bits per heavy atom. The highest BCUT2D eigenvalue weighted by atomic mass is 16.4. The summed E-state index contributed by atoms with van der Waals surface area (Å²) >= 11 is 0. The molecule has 6 heteroatoms. The molecule has 0 saturated heterocycles. The molecule has 2 aromatic rings. The maximum atomic E-state index is 12.3. The molecule has 1 heterocycles. The van der Waals surface area contributed by atoms with Crippen molar-refractivity contribution in [1.82, 2.24) is 9.78 Å². The topological polar surface area (TPSA) is 84.2 Å². The molecule has 1 amide bonds. The van der Waals surface area contributed by atoms with E-state index >= 15 is 0 Å². The summed E-state index contributed by atoms with van der Waals surface area (Å²) in [4.78, 5) is 23.4. The van der Waals surface area contributed by atoms with Crippen LogP contribution in [0.5, 0.6) is 0 Å². The number of aromatic nitrogens is 2. The van der Waals surface area contributed by atoms with Gasteiger partial charge in [-0.1, -0.05) is 13.8 Å². The molecular weight excluding hydrogens is 294 g/mol. The van der Waals surface area contributed by atoms with Crippen LogP contribution in [0.2, 0.25) is 0 Å². The smallest absolute Gasteiger partial charge is 0.307 e. The lowest BCUT2D eigenvalue weighted by Crippen LogP contribution is -2.17. The number of aliphatic carboxylic acids is 1. The van der Waals surface area contributed by atoms with E-state index in [2.05, 4.69) is 10.4 Å². The first-order chi connectivity index (χ1) is 10.8. The summed E-state index contributed by atoms with van der Waals surface area (Å²) in [6.45, 7) is 5.53. The number of hydrogen-bond donors (Lipinski definition) is 2. The van der Waals surface area contributed by atoms with Gasteiger partial charge in [-0.25, -0.2) is 4.68 Å². The Hall–Kier alpha value is -2.63. The molecule has 1 aliphatic carbocycles. The molecule has 120 valence electrons. The first-order valence-corrected chi connectivity index (χ1v) is 7.47. The average Bonchev–Trinajstić information content (AvgIpc) is 2.83. The number of nitrogens with one attached hydrogen (secondary N) is 1. The number of benzene rings is 1. The number of amides is 1. The summed E-state index contributed by atoms with van der Waals surface area (Å²) in [5, 5.41) is 16.3. The number of rotatable bonds is 4. The molecule has 2 atom stereocenters. The number of carbonyl (C=O) groups is 2. The maximum Gasteiger partial charge on any atom is 0.307 e. The molecule has 3 rings (SSSR count). The summed E-state index contributed by atoms with van der Waals surface area (Å²) < 4.78 is 1.76. The molecule has 0 unspecified atom stereocenters. The molecule has 0 bridgehead atoms. The Labute approximate surface area is 134 Å². The number of aryl methyl sites for hydroxylation is 1. The second kappa shape index (κ2) is 5.22. The lowest BCUT2D eigenvalue weighted by Gasteiger charge is -2.07. The highest BCUT2D eigenvalue weighted by Gasteiger charge is 2.65. The molecule has 23 heavy (non-hydrogen) atoms. The largest absolute Gasteiger partial charge is 0.481 e. The predicted octanol–water partition coefficient (Wildman–Crippen LogP) is 2.48. The van der Waals surface area contributed by atoms with Crippen molar-refractivity contribution in [3.63, 3.8) is 0 Å². The lowest BCUT2D eigenvalue weighted by atomic mass is 10.1. The monoisotopic (exact) mass is 313 g/mol. The van der Waals surface area contributed by atoms with Crippen LogP contribution in [-0.2, 0) is 9.59 Å². The van der Waals surface area contributed by atoms with Crippen LogP contribution in [-0.4, -0.2) is 26.8 Å². The van der Waals surface area contributed by atoms with Crippen molar-refractivity contribution in [2.75, 3.05) is 5.32 Å². The first kappa shape index (κ1) is 15.3. The summed E-state index contributed by atoms with van der Waals surface area (Å²) in [6.07, 6.45) is 1.87. The van der Waals surface area contributed by atoms with Gasteiger partial charge in [-0.3, -0.25) is 9.59 Å². The molecule has 1 aliphatic rings. The van der Waals surface area contributed by atoms with Crippen molar-refractivity contribution in [1.29, 1.82) is 0 Å². The van der Waals surface area contributed by atoms with Crippen molar-refractivity contribution >= 4 is 17.6 Å². The predicted molar refractivity (Wildman–Crippen MR) is 85.3 cm³/mol. The van der Waals surface area contributed by atoms with Crippen LogP contribution < -0.4 is 5.32 Å². The van der Waals surface area contributed by atoms with Gasteiger partial charge < -0.3 is 10.4 Å². The number of anilines is 1. The minimum absolute atomic E-state index is 0.245. The van der Waals surface area contributed by atoms with E-state index in [0.29, 0.717) is 5.69 Å². The number of hydrogen-bond acceptors (Lipinski definition) is 3. The van der Waals surface area contributed by atoms with E-state index in [-0.39, 0.29) is 5.91 Å². The van der Waals surface area contributed by atoms with Gasteiger partial charge >= 0.3 is 5.97 Å². The van der Waals surface area contributed by atoms with Crippen LogP contribution in [0.4, 0.5) is 5.69 Å². The van der Waals surface area contributed by atoms with Crippen molar-refractivity contribution in [2.45, 2.75) is 20.8 Å². The van der Waals surface area contributed by atoms with Gasteiger partial charge in [0.15, 0.2) is 0 Å². The average molecular weight is 313 g/mol. The summed E-state index contributed by atoms with van der Waals surface area (Å²) in [6, 6.07) is 9.20. The highest BCUT2D eigenvalue weighted by Crippen LogP contribution is 2.58. The van der Waals surface area contributed by atoms with Gasteiger partial charge in [0.2, 0.25) is 5.91 Å². The number of nitrogens with zero attached hydrogens (tertiary/aromatic N) is 2. The molecule has 1 aromatic heterocycles. The molecule has 1 saturated carbocycles. The Bertz CT molecular complexity index is 762.